The van der Waals surface area contributed by atoms with Crippen molar-refractivity contribution in [3.8, 4) is 0 Å². The van der Waals surface area contributed by atoms with Crippen LogP contribution in [0.15, 0.2) is 27.3 Å². The lowest BCUT2D eigenvalue weighted by atomic mass is 9.56. The van der Waals surface area contributed by atoms with Gasteiger partial charge in [0.2, 0.25) is 0 Å². The van der Waals surface area contributed by atoms with Gasteiger partial charge in [-0.25, -0.2) is 14.6 Å². The number of unbranched alkanes of at least 4 members (excludes halogenated alkanes) is 1. The van der Waals surface area contributed by atoms with E-state index in [9.17, 15) is 14.4 Å². The Morgan fingerprint density at radius 3 is 2.74 bits per heavy atom. The number of fused-ring (bicyclic) bond motifs is 3. The predicted octanol–water partition coefficient (Wildman–Crippen LogP) is 3.32. The van der Waals surface area contributed by atoms with Crippen molar-refractivity contribution in [1.82, 2.24) is 18.7 Å². The van der Waals surface area contributed by atoms with Crippen LogP contribution >= 0.6 is 0 Å². The van der Waals surface area contributed by atoms with Crippen molar-refractivity contribution in [2.75, 3.05) is 0 Å². The molecular formula is C26H34N4O4. The van der Waals surface area contributed by atoms with E-state index in [4.69, 9.17) is 4.74 Å². The average molecular weight is 467 g/mol. The zero-order chi connectivity index (χ0) is 24.4. The molecule has 3 aliphatic rings. The molecule has 3 fully saturated rings. The highest BCUT2D eigenvalue weighted by Gasteiger charge is 2.53. The maximum Gasteiger partial charge on any atom is 0.334 e. The first kappa shape index (κ1) is 22.9. The Labute approximate surface area is 198 Å². The van der Waals surface area contributed by atoms with E-state index < -0.39 is 5.69 Å². The summed E-state index contributed by atoms with van der Waals surface area (Å²) < 4.78 is 10.3. The second kappa shape index (κ2) is 8.10. The summed E-state index contributed by atoms with van der Waals surface area (Å²) in [6.07, 6.45) is 8.52. The van der Waals surface area contributed by atoms with Gasteiger partial charge < -0.3 is 9.30 Å². The molecule has 5 rings (SSSR count). The molecule has 3 heterocycles. The van der Waals surface area contributed by atoms with Gasteiger partial charge in [0.15, 0.2) is 11.2 Å². The summed E-state index contributed by atoms with van der Waals surface area (Å²) in [6.45, 7) is 9.35. The third-order valence-corrected chi connectivity index (χ3v) is 8.48. The van der Waals surface area contributed by atoms with Gasteiger partial charge >= 0.3 is 11.7 Å². The lowest BCUT2D eigenvalue weighted by molar-refractivity contribution is -0.142. The molecule has 2 aromatic heterocycles. The fourth-order valence-electron chi connectivity index (χ4n) is 6.49. The van der Waals surface area contributed by atoms with E-state index in [0.29, 0.717) is 35.0 Å². The highest BCUT2D eigenvalue weighted by atomic mass is 16.6. The van der Waals surface area contributed by atoms with Crippen LogP contribution < -0.4 is 11.2 Å². The van der Waals surface area contributed by atoms with Crippen molar-refractivity contribution in [2.45, 2.75) is 71.4 Å². The number of esters is 1. The van der Waals surface area contributed by atoms with E-state index >= 15 is 0 Å². The number of hydrogen-bond acceptors (Lipinski definition) is 5. The van der Waals surface area contributed by atoms with Crippen LogP contribution in [0.4, 0.5) is 0 Å². The van der Waals surface area contributed by atoms with Crippen LogP contribution in [0, 0.1) is 17.3 Å². The number of allylic oxidation sites excluding steroid dienone is 1. The van der Waals surface area contributed by atoms with Crippen LogP contribution in [0.25, 0.3) is 17.2 Å². The molecule has 0 amide bonds. The fourth-order valence-corrected chi connectivity index (χ4v) is 6.49. The van der Waals surface area contributed by atoms with Crippen LogP contribution in [0.3, 0.4) is 0 Å². The molecule has 0 unspecified atom stereocenters. The maximum absolute atomic E-state index is 13.0. The van der Waals surface area contributed by atoms with Crippen LogP contribution in [0.1, 0.15) is 64.6 Å². The van der Waals surface area contributed by atoms with Crippen molar-refractivity contribution in [3.63, 3.8) is 0 Å². The zero-order valence-electron chi connectivity index (χ0n) is 20.6. The second-order valence-electron chi connectivity index (χ2n) is 10.7. The monoisotopic (exact) mass is 466 g/mol. The molecule has 8 nitrogen and oxygen atoms in total. The molecule has 2 aliphatic carbocycles. The Bertz CT molecular complexity index is 1340. The third-order valence-electron chi connectivity index (χ3n) is 8.48. The van der Waals surface area contributed by atoms with E-state index in [1.807, 2.05) is 4.57 Å². The Morgan fingerprint density at radius 1 is 1.24 bits per heavy atom. The molecule has 1 aliphatic heterocycles. The Morgan fingerprint density at radius 2 is 2.00 bits per heavy atom. The van der Waals surface area contributed by atoms with E-state index in [1.165, 1.54) is 17.2 Å². The van der Waals surface area contributed by atoms with Gasteiger partial charge in [0.05, 0.1) is 0 Å². The van der Waals surface area contributed by atoms with Gasteiger partial charge in [-0.3, -0.25) is 13.9 Å². The molecule has 0 aromatic carbocycles. The van der Waals surface area contributed by atoms with E-state index in [0.717, 1.165) is 49.5 Å². The van der Waals surface area contributed by atoms with E-state index in [-0.39, 0.29) is 29.0 Å². The average Bonchev–Trinajstić information content (AvgIpc) is 3.30. The van der Waals surface area contributed by atoms with Gasteiger partial charge in [0.25, 0.3) is 5.56 Å². The van der Waals surface area contributed by atoms with Crippen LogP contribution in [-0.2, 0) is 30.2 Å². The summed E-state index contributed by atoms with van der Waals surface area (Å²) in [5.74, 6) is 0.614. The molecule has 0 spiro atoms. The first-order valence-corrected chi connectivity index (χ1v) is 12.4. The van der Waals surface area contributed by atoms with E-state index in [1.54, 1.807) is 13.1 Å². The van der Waals surface area contributed by atoms with Gasteiger partial charge in [0, 0.05) is 32.1 Å². The Hall–Kier alpha value is -2.90. The number of aromatic nitrogens is 4. The summed E-state index contributed by atoms with van der Waals surface area (Å²) in [5.41, 5.74) is 2.00. The minimum atomic E-state index is -0.417. The minimum Gasteiger partial charge on any atom is -0.458 e. The number of ether oxygens (including phenoxy) is 1. The van der Waals surface area contributed by atoms with Crippen LogP contribution in [-0.4, -0.2) is 30.8 Å². The van der Waals surface area contributed by atoms with Gasteiger partial charge in [-0.1, -0.05) is 32.4 Å². The Balaban J connectivity index is 1.63. The molecule has 0 N–H and O–H groups in total. The summed E-state index contributed by atoms with van der Waals surface area (Å²) in [7, 11) is 3.10. The van der Waals surface area contributed by atoms with Crippen LogP contribution in [0.2, 0.25) is 0 Å². The van der Waals surface area contributed by atoms with Gasteiger partial charge in [-0.2, -0.15) is 0 Å². The van der Waals surface area contributed by atoms with E-state index in [2.05, 4.69) is 25.4 Å². The van der Waals surface area contributed by atoms with Crippen molar-refractivity contribution < 1.29 is 9.53 Å². The van der Waals surface area contributed by atoms with Gasteiger partial charge in [0.1, 0.15) is 11.9 Å². The molecule has 2 saturated carbocycles. The molecule has 0 bridgehead atoms. The SMILES string of the molecule is C=C1CCC[C@]2(C)C[C@H]3OC(=O)/C(=C\c4nc5c(c(=O)n(C)c(=O)n5C)n4CCCC)[C@H]3C[C@@H]12. The zero-order valence-corrected chi connectivity index (χ0v) is 20.6. The van der Waals surface area contributed by atoms with Crippen molar-refractivity contribution in [3.05, 3.63) is 44.4 Å². The largest absolute Gasteiger partial charge is 0.458 e. The third kappa shape index (κ3) is 3.33. The highest BCUT2D eigenvalue weighted by molar-refractivity contribution is 5.96. The number of hydrogen-bond donors (Lipinski definition) is 0. The van der Waals surface area contributed by atoms with Gasteiger partial charge in [-0.05, 0) is 55.9 Å². The van der Waals surface area contributed by atoms with Crippen molar-refractivity contribution >= 4 is 23.2 Å². The normalized spacial score (nSPS) is 30.0. The van der Waals surface area contributed by atoms with Crippen molar-refractivity contribution in [2.24, 2.45) is 31.3 Å². The van der Waals surface area contributed by atoms with Crippen LogP contribution in [0.5, 0.6) is 0 Å². The molecule has 4 atom stereocenters. The molecule has 0 radical (unpaired) electrons. The fraction of sp³-hybridized carbons (Fsp3) is 0.615. The molecule has 2 aromatic rings. The summed E-state index contributed by atoms with van der Waals surface area (Å²) in [6, 6.07) is 0. The number of nitrogens with zero attached hydrogens (tertiary/aromatic N) is 4. The number of aryl methyl sites for hydroxylation is 2. The molecule has 34 heavy (non-hydrogen) atoms. The quantitative estimate of drug-likeness (QED) is 0.392. The topological polar surface area (TPSA) is 88.1 Å². The first-order valence-electron chi connectivity index (χ1n) is 12.4. The predicted molar refractivity (Wildman–Crippen MR) is 130 cm³/mol. The second-order valence-corrected chi connectivity index (χ2v) is 10.7. The van der Waals surface area contributed by atoms with Crippen molar-refractivity contribution in [1.29, 1.82) is 0 Å². The molecule has 8 heteroatoms. The lowest BCUT2D eigenvalue weighted by Crippen LogP contribution is -2.43. The molecule has 182 valence electrons. The lowest BCUT2D eigenvalue weighted by Gasteiger charge is -2.49. The number of carbonyl (C=O) groups is 1. The minimum absolute atomic E-state index is 0.00786. The maximum atomic E-state index is 13.0. The summed E-state index contributed by atoms with van der Waals surface area (Å²) in [4.78, 5) is 43.3. The number of rotatable bonds is 4. The number of carbonyl (C=O) groups excluding carboxylic acids is 1. The molecular weight excluding hydrogens is 432 g/mol. The standard InChI is InChI=1S/C26H34N4O4/c1-6-7-11-30-20(27-22-21(30)23(31)29(5)25(33)28(22)4)13-17-16-12-18-15(2)9-8-10-26(18,3)14-19(16)34-24(17)32/h13,16,18-19H,2,6-12,14H2,1,3-5H3/b17-13-/t16-,18+,19-,26-/m1/s1. The molecule has 1 saturated heterocycles. The Kier molecular flexibility index (Phi) is 5.45. The smallest absolute Gasteiger partial charge is 0.334 e. The summed E-state index contributed by atoms with van der Waals surface area (Å²) in [5, 5.41) is 0. The number of imidazole rings is 1. The van der Waals surface area contributed by atoms with Gasteiger partial charge in [-0.15, -0.1) is 0 Å². The summed E-state index contributed by atoms with van der Waals surface area (Å²) >= 11 is 0. The highest BCUT2D eigenvalue weighted by Crippen LogP contribution is 2.56. The first-order chi connectivity index (χ1) is 16.2.